The first-order valence-corrected chi connectivity index (χ1v) is 11.6. The third-order valence-electron chi connectivity index (χ3n) is 7.04. The van der Waals surface area contributed by atoms with Crippen molar-refractivity contribution in [1.82, 2.24) is 10.2 Å². The highest BCUT2D eigenvalue weighted by atomic mass is 16.5. The van der Waals surface area contributed by atoms with Gasteiger partial charge in [-0.15, -0.1) is 0 Å². The maximum absolute atomic E-state index is 13.5. The molecule has 0 spiro atoms. The Kier molecular flexibility index (Phi) is 5.76. The van der Waals surface area contributed by atoms with E-state index < -0.39 is 29.6 Å². The summed E-state index contributed by atoms with van der Waals surface area (Å²) in [6, 6.07) is 24.0. The molecule has 3 aromatic rings. The topological polar surface area (TPSA) is 95.9 Å². The summed E-state index contributed by atoms with van der Waals surface area (Å²) in [6.45, 7) is 2.02. The smallest absolute Gasteiger partial charge is 0.408 e. The van der Waals surface area contributed by atoms with Crippen molar-refractivity contribution in [3.8, 4) is 11.1 Å². The molecule has 3 aromatic carbocycles. The van der Waals surface area contributed by atoms with Crippen LogP contribution in [0.2, 0.25) is 0 Å². The number of benzene rings is 3. The first kappa shape index (κ1) is 22.7. The molecule has 0 bridgehead atoms. The van der Waals surface area contributed by atoms with Crippen molar-refractivity contribution < 1.29 is 24.2 Å². The van der Waals surface area contributed by atoms with Gasteiger partial charge in [-0.2, -0.15) is 0 Å². The summed E-state index contributed by atoms with van der Waals surface area (Å²) < 4.78 is 5.68. The lowest BCUT2D eigenvalue weighted by Crippen LogP contribution is -2.63. The monoisotopic (exact) mass is 470 g/mol. The minimum absolute atomic E-state index is 0.111. The highest BCUT2D eigenvalue weighted by Gasteiger charge is 2.47. The van der Waals surface area contributed by atoms with Crippen LogP contribution in [0, 0.1) is 0 Å². The number of alkyl carbamates (subject to hydrolysis) is 1. The molecule has 2 N–H and O–H groups in total. The Labute approximate surface area is 203 Å². The van der Waals surface area contributed by atoms with Gasteiger partial charge in [0, 0.05) is 12.5 Å². The van der Waals surface area contributed by atoms with E-state index in [1.807, 2.05) is 42.5 Å². The van der Waals surface area contributed by atoms with E-state index in [0.717, 1.165) is 22.3 Å². The van der Waals surface area contributed by atoms with Crippen molar-refractivity contribution >= 4 is 18.0 Å². The van der Waals surface area contributed by atoms with Crippen LogP contribution in [-0.4, -0.2) is 47.2 Å². The van der Waals surface area contributed by atoms with E-state index in [1.165, 1.54) is 4.90 Å². The number of nitrogens with one attached hydrogen (secondary N) is 1. The van der Waals surface area contributed by atoms with E-state index in [2.05, 4.69) is 17.4 Å². The Morgan fingerprint density at radius 3 is 2.06 bits per heavy atom. The molecule has 2 amide bonds. The Morgan fingerprint density at radius 1 is 0.943 bits per heavy atom. The van der Waals surface area contributed by atoms with Crippen molar-refractivity contribution in [3.05, 3.63) is 95.6 Å². The van der Waals surface area contributed by atoms with Gasteiger partial charge in [0.25, 0.3) is 5.91 Å². The van der Waals surface area contributed by atoms with E-state index in [1.54, 1.807) is 31.2 Å². The number of aliphatic carboxylic acids is 1. The summed E-state index contributed by atoms with van der Waals surface area (Å²) in [5.41, 5.74) is 3.51. The maximum atomic E-state index is 13.5. The SMILES string of the molecule is CC(NC(=O)OCC1c2ccccc2-c2ccccc21)(C(=O)N1CCC1C(=O)O)c1ccccc1. The van der Waals surface area contributed by atoms with E-state index in [9.17, 15) is 19.5 Å². The molecule has 7 nitrogen and oxygen atoms in total. The normalized spacial score (nSPS) is 18.0. The number of carbonyl (C=O) groups excluding carboxylic acids is 2. The minimum atomic E-state index is -1.47. The molecule has 0 saturated carbocycles. The number of nitrogens with zero attached hydrogens (tertiary/aromatic N) is 1. The fourth-order valence-corrected chi connectivity index (χ4v) is 5.03. The number of amides is 2. The molecule has 178 valence electrons. The zero-order valence-electron chi connectivity index (χ0n) is 19.3. The zero-order chi connectivity index (χ0) is 24.6. The standard InChI is InChI=1S/C28H26N2O5/c1-28(18-9-3-2-4-10-18,26(33)30-16-15-24(30)25(31)32)29-27(34)35-17-23-21-13-7-5-11-19(21)20-12-6-8-14-22(20)23/h2-14,23-24H,15-17H2,1H3,(H,29,34)(H,31,32). The fourth-order valence-electron chi connectivity index (χ4n) is 5.03. The van der Waals surface area contributed by atoms with Gasteiger partial charge >= 0.3 is 12.1 Å². The molecule has 7 heteroatoms. The molecule has 2 unspecified atom stereocenters. The predicted molar refractivity (Wildman–Crippen MR) is 130 cm³/mol. The molecule has 35 heavy (non-hydrogen) atoms. The number of ether oxygens (including phenoxy) is 1. The lowest BCUT2D eigenvalue weighted by atomic mass is 9.87. The van der Waals surface area contributed by atoms with Crippen molar-refractivity contribution in [2.45, 2.75) is 30.8 Å². The molecular formula is C28H26N2O5. The van der Waals surface area contributed by atoms with E-state index in [0.29, 0.717) is 18.5 Å². The van der Waals surface area contributed by atoms with Crippen LogP contribution in [0.1, 0.15) is 36.0 Å². The van der Waals surface area contributed by atoms with Crippen LogP contribution in [0.5, 0.6) is 0 Å². The van der Waals surface area contributed by atoms with Gasteiger partial charge in [-0.3, -0.25) is 4.79 Å². The molecule has 1 aliphatic heterocycles. The average molecular weight is 471 g/mol. The number of hydrogen-bond acceptors (Lipinski definition) is 4. The molecule has 5 rings (SSSR count). The van der Waals surface area contributed by atoms with Gasteiger partial charge in [0.15, 0.2) is 0 Å². The third kappa shape index (κ3) is 3.93. The minimum Gasteiger partial charge on any atom is -0.480 e. The van der Waals surface area contributed by atoms with Crippen molar-refractivity contribution in [3.63, 3.8) is 0 Å². The Hall–Kier alpha value is -4.13. The van der Waals surface area contributed by atoms with Crippen LogP contribution < -0.4 is 5.32 Å². The number of fused-ring (bicyclic) bond motifs is 3. The second kappa shape index (κ2) is 8.91. The summed E-state index contributed by atoms with van der Waals surface area (Å²) in [5, 5.41) is 12.2. The Bertz CT molecular complexity index is 1250. The summed E-state index contributed by atoms with van der Waals surface area (Å²) in [6.07, 6.45) is -0.351. The number of hydrogen-bond donors (Lipinski definition) is 2. The lowest BCUT2D eigenvalue weighted by molar-refractivity contribution is -0.160. The van der Waals surface area contributed by atoms with Crippen molar-refractivity contribution in [2.24, 2.45) is 0 Å². The predicted octanol–water partition coefficient (Wildman–Crippen LogP) is 4.13. The quantitative estimate of drug-likeness (QED) is 0.565. The summed E-state index contributed by atoms with van der Waals surface area (Å²) in [4.78, 5) is 39.3. The molecule has 1 saturated heterocycles. The number of rotatable bonds is 6. The summed E-state index contributed by atoms with van der Waals surface area (Å²) in [5.74, 6) is -1.64. The highest BCUT2D eigenvalue weighted by Crippen LogP contribution is 2.44. The molecule has 1 aliphatic carbocycles. The second-order valence-electron chi connectivity index (χ2n) is 9.08. The number of carboxylic acid groups (broad SMARTS) is 1. The summed E-state index contributed by atoms with van der Waals surface area (Å²) in [7, 11) is 0. The Morgan fingerprint density at radius 2 is 1.51 bits per heavy atom. The summed E-state index contributed by atoms with van der Waals surface area (Å²) >= 11 is 0. The largest absolute Gasteiger partial charge is 0.480 e. The van der Waals surface area contributed by atoms with Crippen LogP contribution >= 0.6 is 0 Å². The van der Waals surface area contributed by atoms with Crippen LogP contribution in [0.4, 0.5) is 4.79 Å². The second-order valence-corrected chi connectivity index (χ2v) is 9.08. The van der Waals surface area contributed by atoms with Crippen LogP contribution in [0.15, 0.2) is 78.9 Å². The van der Waals surface area contributed by atoms with Crippen LogP contribution in [-0.2, 0) is 19.9 Å². The van der Waals surface area contributed by atoms with Gasteiger partial charge in [0.2, 0.25) is 0 Å². The van der Waals surface area contributed by atoms with E-state index in [4.69, 9.17) is 4.74 Å². The first-order valence-electron chi connectivity index (χ1n) is 11.6. The van der Waals surface area contributed by atoms with Gasteiger partial charge in [-0.1, -0.05) is 78.9 Å². The molecular weight excluding hydrogens is 444 g/mol. The fraction of sp³-hybridized carbons (Fsp3) is 0.250. The molecule has 2 aliphatic rings. The molecule has 1 fully saturated rings. The van der Waals surface area contributed by atoms with Crippen LogP contribution in [0.3, 0.4) is 0 Å². The molecule has 0 radical (unpaired) electrons. The Balaban J connectivity index is 1.36. The van der Waals surface area contributed by atoms with Gasteiger partial charge in [-0.25, -0.2) is 9.59 Å². The molecule has 0 aromatic heterocycles. The highest BCUT2D eigenvalue weighted by molar-refractivity contribution is 5.94. The average Bonchev–Trinajstić information content (AvgIpc) is 3.16. The van der Waals surface area contributed by atoms with Crippen molar-refractivity contribution in [1.29, 1.82) is 0 Å². The molecule has 1 heterocycles. The zero-order valence-corrected chi connectivity index (χ0v) is 19.3. The van der Waals surface area contributed by atoms with Crippen LogP contribution in [0.25, 0.3) is 11.1 Å². The lowest BCUT2D eigenvalue weighted by Gasteiger charge is -2.43. The van der Waals surface area contributed by atoms with Gasteiger partial charge in [0.05, 0.1) is 0 Å². The third-order valence-corrected chi connectivity index (χ3v) is 7.04. The van der Waals surface area contributed by atoms with Gasteiger partial charge in [-0.05, 0) is 41.2 Å². The van der Waals surface area contributed by atoms with Gasteiger partial charge < -0.3 is 20.1 Å². The maximum Gasteiger partial charge on any atom is 0.408 e. The van der Waals surface area contributed by atoms with Crippen molar-refractivity contribution in [2.75, 3.05) is 13.2 Å². The number of likely N-dealkylation sites (tertiary alicyclic amines) is 1. The van der Waals surface area contributed by atoms with E-state index >= 15 is 0 Å². The number of carbonyl (C=O) groups is 3. The molecule has 2 atom stereocenters. The first-order chi connectivity index (χ1) is 16.9. The number of carboxylic acids is 1. The van der Waals surface area contributed by atoms with Gasteiger partial charge in [0.1, 0.15) is 18.2 Å². The van der Waals surface area contributed by atoms with E-state index in [-0.39, 0.29) is 12.5 Å².